The average Bonchev–Trinajstić information content (AvgIpc) is 3.50. The molecule has 1 aliphatic rings. The van der Waals surface area contributed by atoms with E-state index in [0.29, 0.717) is 65.7 Å². The van der Waals surface area contributed by atoms with Crippen LogP contribution in [0.25, 0.3) is 10.9 Å². The van der Waals surface area contributed by atoms with Crippen molar-refractivity contribution in [2.45, 2.75) is 31.6 Å². The van der Waals surface area contributed by atoms with E-state index in [1.165, 1.54) is 12.1 Å². The predicted octanol–water partition coefficient (Wildman–Crippen LogP) is 4.08. The maximum absolute atomic E-state index is 13.4. The van der Waals surface area contributed by atoms with E-state index < -0.39 is 18.2 Å². The fraction of sp³-hybridized carbons (Fsp3) is 0.297. The molecule has 6 rings (SSSR count). The number of piperidine rings is 1. The van der Waals surface area contributed by atoms with Crippen LogP contribution >= 0.6 is 0 Å². The van der Waals surface area contributed by atoms with E-state index in [0.717, 1.165) is 24.0 Å². The fourth-order valence-corrected chi connectivity index (χ4v) is 6.40. The summed E-state index contributed by atoms with van der Waals surface area (Å²) < 4.78 is 7.69. The van der Waals surface area contributed by atoms with Gasteiger partial charge < -0.3 is 40.6 Å². The van der Waals surface area contributed by atoms with Gasteiger partial charge in [-0.3, -0.25) is 14.3 Å². The number of aryl methyl sites for hydroxylation is 1. The van der Waals surface area contributed by atoms with E-state index in [1.54, 1.807) is 42.1 Å². The number of aromatic amines is 1. The number of phenols is 1. The van der Waals surface area contributed by atoms with E-state index in [-0.39, 0.29) is 23.8 Å². The number of aromatic hydroxyl groups is 1. The van der Waals surface area contributed by atoms with Gasteiger partial charge in [0.25, 0.3) is 5.91 Å². The summed E-state index contributed by atoms with van der Waals surface area (Å²) in [6, 6.07) is 23.8. The summed E-state index contributed by atoms with van der Waals surface area (Å²) in [6.07, 6.45) is -0.358. The molecule has 13 heteroatoms. The van der Waals surface area contributed by atoms with Gasteiger partial charge in [0.1, 0.15) is 18.1 Å². The molecule has 2 atom stereocenters. The van der Waals surface area contributed by atoms with Gasteiger partial charge >= 0.3 is 6.09 Å². The van der Waals surface area contributed by atoms with E-state index in [1.807, 2.05) is 47.4 Å². The molecule has 2 amide bonds. The Labute approximate surface area is 288 Å². The molecule has 2 aromatic heterocycles. The number of fused-ring (bicyclic) bond motifs is 1. The molecule has 0 aliphatic carbocycles. The van der Waals surface area contributed by atoms with Crippen molar-refractivity contribution in [1.29, 1.82) is 0 Å². The minimum atomic E-state index is -1.13. The Hall–Kier alpha value is -5.66. The van der Waals surface area contributed by atoms with E-state index >= 15 is 0 Å². The normalized spacial score (nSPS) is 14.7. The molecule has 260 valence electrons. The van der Waals surface area contributed by atoms with Crippen molar-refractivity contribution in [2.24, 2.45) is 13.0 Å². The smallest absolute Gasteiger partial charge is 0.405 e. The van der Waals surface area contributed by atoms with Crippen LogP contribution < -0.4 is 20.9 Å². The number of nitrogens with one attached hydrogen (secondary N) is 3. The Balaban J connectivity index is 0.994. The standard InChI is InChI=1S/C37H40N6O7/c1-42-26(22-50-27-9-5-8-25(18-27)34(40-37(48)49)24-6-3-2-4-7-24)19-30(41-42)36(47)43-16-14-23(15-17-43)20-38-21-32(45)28-10-12-31(44)35-29(28)11-13-33(46)39-35/h2-13,18-19,23,32,34,38,40,44-45H,14-17,20-22H2,1H3,(H,39,46)(H,48,49)/t32?,34-/m0/s1. The van der Waals surface area contributed by atoms with Crippen LogP contribution in [0, 0.1) is 5.92 Å². The third-order valence-electron chi connectivity index (χ3n) is 9.11. The zero-order chi connectivity index (χ0) is 35.2. The number of likely N-dealkylation sites (tertiary alicyclic amines) is 1. The van der Waals surface area contributed by atoms with E-state index in [2.05, 4.69) is 20.7 Å². The van der Waals surface area contributed by atoms with Gasteiger partial charge in [0, 0.05) is 38.1 Å². The second-order valence-corrected chi connectivity index (χ2v) is 12.5. The van der Waals surface area contributed by atoms with Crippen molar-refractivity contribution in [2.75, 3.05) is 26.2 Å². The number of H-pyrrole nitrogens is 1. The third kappa shape index (κ3) is 7.96. The Morgan fingerprint density at radius 3 is 2.52 bits per heavy atom. The number of hydrogen-bond acceptors (Lipinski definition) is 8. The van der Waals surface area contributed by atoms with Crippen LogP contribution in [0.5, 0.6) is 11.5 Å². The number of pyridine rings is 1. The highest BCUT2D eigenvalue weighted by atomic mass is 16.5. The summed E-state index contributed by atoms with van der Waals surface area (Å²) in [4.78, 5) is 41.0. The van der Waals surface area contributed by atoms with Crippen molar-refractivity contribution in [3.05, 3.63) is 123 Å². The van der Waals surface area contributed by atoms with Gasteiger partial charge in [-0.15, -0.1) is 0 Å². The number of rotatable bonds is 12. The second kappa shape index (κ2) is 15.3. The number of benzene rings is 3. The van der Waals surface area contributed by atoms with Gasteiger partial charge in [0.15, 0.2) is 5.69 Å². The van der Waals surface area contributed by atoms with Crippen LogP contribution in [0.2, 0.25) is 0 Å². The highest BCUT2D eigenvalue weighted by Crippen LogP contribution is 2.29. The molecule has 1 fully saturated rings. The third-order valence-corrected chi connectivity index (χ3v) is 9.11. The van der Waals surface area contributed by atoms with Crippen LogP contribution in [-0.2, 0) is 13.7 Å². The quantitative estimate of drug-likeness (QED) is 0.113. The van der Waals surface area contributed by atoms with Crippen molar-refractivity contribution in [3.8, 4) is 11.5 Å². The summed E-state index contributed by atoms with van der Waals surface area (Å²) in [5.41, 5.74) is 3.18. The second-order valence-electron chi connectivity index (χ2n) is 12.5. The molecule has 1 saturated heterocycles. The first-order chi connectivity index (χ1) is 24.2. The number of nitrogens with zero attached hydrogens (tertiary/aromatic N) is 3. The van der Waals surface area contributed by atoms with Crippen molar-refractivity contribution < 1.29 is 29.6 Å². The molecule has 6 N–H and O–H groups in total. The summed E-state index contributed by atoms with van der Waals surface area (Å²) in [7, 11) is 1.76. The number of amides is 2. The lowest BCUT2D eigenvalue weighted by atomic mass is 9.96. The number of phenolic OH excluding ortho intramolecular Hbond substituents is 1. The van der Waals surface area contributed by atoms with Gasteiger partial charge in [-0.1, -0.05) is 48.5 Å². The molecule has 13 nitrogen and oxygen atoms in total. The molecule has 50 heavy (non-hydrogen) atoms. The van der Waals surface area contributed by atoms with Crippen molar-refractivity contribution in [3.63, 3.8) is 0 Å². The van der Waals surface area contributed by atoms with Crippen molar-refractivity contribution in [1.82, 2.24) is 30.3 Å². The molecule has 3 heterocycles. The lowest BCUT2D eigenvalue weighted by Crippen LogP contribution is -2.41. The first-order valence-electron chi connectivity index (χ1n) is 16.5. The Bertz CT molecular complexity index is 2020. The van der Waals surface area contributed by atoms with Crippen molar-refractivity contribution >= 4 is 22.9 Å². The van der Waals surface area contributed by atoms with Crippen LogP contribution in [0.3, 0.4) is 0 Å². The number of carboxylic acid groups (broad SMARTS) is 1. The minimum absolute atomic E-state index is 0.0504. The minimum Gasteiger partial charge on any atom is -0.506 e. The molecule has 0 bridgehead atoms. The monoisotopic (exact) mass is 680 g/mol. The molecule has 0 saturated carbocycles. The molecule has 1 aliphatic heterocycles. The zero-order valence-corrected chi connectivity index (χ0v) is 27.6. The largest absolute Gasteiger partial charge is 0.506 e. The lowest BCUT2D eigenvalue weighted by molar-refractivity contribution is 0.0681. The summed E-state index contributed by atoms with van der Waals surface area (Å²) in [6.45, 7) is 2.32. The topological polar surface area (TPSA) is 182 Å². The number of ether oxygens (including phenoxy) is 1. The average molecular weight is 681 g/mol. The van der Waals surface area contributed by atoms with Gasteiger partial charge in [0.05, 0.1) is 23.4 Å². The number of aromatic nitrogens is 3. The molecule has 5 aromatic rings. The molecule has 1 unspecified atom stereocenters. The van der Waals surface area contributed by atoms with Crippen LogP contribution in [0.1, 0.15) is 57.9 Å². The van der Waals surface area contributed by atoms with Crippen LogP contribution in [-0.4, -0.2) is 73.2 Å². The molecular formula is C37H40N6O7. The summed E-state index contributed by atoms with van der Waals surface area (Å²) in [5.74, 6) is 0.694. The zero-order valence-electron chi connectivity index (χ0n) is 27.6. The molecule has 0 radical (unpaired) electrons. The van der Waals surface area contributed by atoms with Gasteiger partial charge in [-0.25, -0.2) is 4.79 Å². The van der Waals surface area contributed by atoms with Crippen LogP contribution in [0.4, 0.5) is 4.79 Å². The number of carbonyl (C=O) groups is 2. The predicted molar refractivity (Wildman–Crippen MR) is 186 cm³/mol. The maximum Gasteiger partial charge on any atom is 0.405 e. The Kier molecular flexibility index (Phi) is 10.4. The number of aliphatic hydroxyl groups excluding tert-OH is 1. The molecule has 0 spiro atoms. The molecule has 3 aromatic carbocycles. The number of hydrogen-bond donors (Lipinski definition) is 6. The van der Waals surface area contributed by atoms with Crippen LogP contribution in [0.15, 0.2) is 89.7 Å². The summed E-state index contributed by atoms with van der Waals surface area (Å²) >= 11 is 0. The lowest BCUT2D eigenvalue weighted by Gasteiger charge is -2.32. The van der Waals surface area contributed by atoms with Gasteiger partial charge in [-0.2, -0.15) is 5.10 Å². The van der Waals surface area contributed by atoms with Gasteiger partial charge in [0.2, 0.25) is 5.56 Å². The highest BCUT2D eigenvalue weighted by Gasteiger charge is 2.26. The first kappa shape index (κ1) is 34.2. The first-order valence-corrected chi connectivity index (χ1v) is 16.5. The van der Waals surface area contributed by atoms with Gasteiger partial charge in [-0.05, 0) is 72.3 Å². The Morgan fingerprint density at radius 1 is 1.00 bits per heavy atom. The summed E-state index contributed by atoms with van der Waals surface area (Å²) in [5, 5.41) is 41.4. The highest BCUT2D eigenvalue weighted by molar-refractivity contribution is 5.92. The number of carbonyl (C=O) groups excluding carboxylic acids is 1. The Morgan fingerprint density at radius 2 is 1.76 bits per heavy atom. The maximum atomic E-state index is 13.4. The SMILES string of the molecule is Cn1nc(C(=O)N2CCC(CNCC(O)c3ccc(O)c4[nH]c(=O)ccc34)CC2)cc1COc1cccc([C@@H](NC(=O)O)c2ccccc2)c1. The van der Waals surface area contributed by atoms with E-state index in [9.17, 15) is 29.7 Å². The molecular weight excluding hydrogens is 640 g/mol. The fourth-order valence-electron chi connectivity index (χ4n) is 6.40. The van der Waals surface area contributed by atoms with E-state index in [4.69, 9.17) is 4.74 Å². The number of aliphatic hydroxyl groups is 1.